The Hall–Kier alpha value is -1.01. The number of rotatable bonds is 3. The molecule has 0 radical (unpaired) electrons. The molecule has 6 heteroatoms. The minimum atomic E-state index is -0.162. The van der Waals surface area contributed by atoms with E-state index in [1.165, 1.54) is 6.20 Å². The zero-order valence-electron chi connectivity index (χ0n) is 5.78. The first-order valence-corrected chi connectivity index (χ1v) is 3.87. The molecule has 1 aromatic heterocycles. The van der Waals surface area contributed by atoms with E-state index in [0.29, 0.717) is 18.0 Å². The highest BCUT2D eigenvalue weighted by Crippen LogP contribution is 1.99. The number of carbonyl (C=O) groups excluding carboxylic acids is 1. The second-order valence-corrected chi connectivity index (χ2v) is 2.61. The van der Waals surface area contributed by atoms with Crippen molar-refractivity contribution in [3.8, 4) is 0 Å². The van der Waals surface area contributed by atoms with E-state index in [-0.39, 0.29) is 5.91 Å². The summed E-state index contributed by atoms with van der Waals surface area (Å²) < 4.78 is 3.55. The van der Waals surface area contributed by atoms with Crippen molar-refractivity contribution in [3.05, 3.63) is 11.1 Å². The van der Waals surface area contributed by atoms with Gasteiger partial charge in [-0.2, -0.15) is 0 Å². The van der Waals surface area contributed by atoms with Gasteiger partial charge in [-0.3, -0.25) is 4.79 Å². The van der Waals surface area contributed by atoms with Crippen LogP contribution in [0.3, 0.4) is 0 Å². The Kier molecular flexibility index (Phi) is 2.94. The summed E-state index contributed by atoms with van der Waals surface area (Å²) in [5, 5.41) is 6.13. The van der Waals surface area contributed by atoms with Crippen LogP contribution in [0.4, 0.5) is 0 Å². The van der Waals surface area contributed by atoms with Crippen molar-refractivity contribution < 1.29 is 4.79 Å². The van der Waals surface area contributed by atoms with Crippen LogP contribution in [-0.4, -0.2) is 28.6 Å². The molecule has 0 fully saturated rings. The third-order valence-corrected chi connectivity index (χ3v) is 1.68. The lowest BCUT2D eigenvalue weighted by molar-refractivity contribution is 0.0958. The Morgan fingerprint density at radius 3 is 3.18 bits per heavy atom. The van der Waals surface area contributed by atoms with Gasteiger partial charge in [0.15, 0.2) is 0 Å². The molecule has 0 bridgehead atoms. The van der Waals surface area contributed by atoms with Gasteiger partial charge in [0, 0.05) is 13.1 Å². The summed E-state index contributed by atoms with van der Waals surface area (Å²) in [6.07, 6.45) is 1.43. The fraction of sp³-hybridized carbons (Fsp3) is 0.400. The summed E-state index contributed by atoms with van der Waals surface area (Å²) in [6, 6.07) is 0. The third-order valence-electron chi connectivity index (χ3n) is 1.01. The number of amides is 1. The molecule has 0 aliphatic carbocycles. The molecule has 0 aliphatic rings. The predicted molar refractivity (Wildman–Crippen MR) is 41.3 cm³/mol. The molecular formula is C5H8N4OS. The number of nitrogens with one attached hydrogen (secondary N) is 1. The maximum absolute atomic E-state index is 11.0. The van der Waals surface area contributed by atoms with Gasteiger partial charge in [-0.1, -0.05) is 4.49 Å². The normalized spacial score (nSPS) is 9.55. The summed E-state index contributed by atoms with van der Waals surface area (Å²) in [5.41, 5.74) is 5.19. The van der Waals surface area contributed by atoms with Crippen molar-refractivity contribution in [2.24, 2.45) is 5.73 Å². The number of carbonyl (C=O) groups is 1. The molecular weight excluding hydrogens is 164 g/mol. The van der Waals surface area contributed by atoms with E-state index >= 15 is 0 Å². The van der Waals surface area contributed by atoms with Crippen molar-refractivity contribution in [3.63, 3.8) is 0 Å². The smallest absolute Gasteiger partial charge is 0.264 e. The van der Waals surface area contributed by atoms with Gasteiger partial charge in [0.2, 0.25) is 0 Å². The van der Waals surface area contributed by atoms with Crippen LogP contribution in [0.25, 0.3) is 0 Å². The number of aromatic nitrogens is 2. The van der Waals surface area contributed by atoms with Crippen molar-refractivity contribution >= 4 is 17.4 Å². The highest BCUT2D eigenvalue weighted by Gasteiger charge is 2.05. The van der Waals surface area contributed by atoms with Crippen LogP contribution in [-0.2, 0) is 0 Å². The molecule has 5 nitrogen and oxygen atoms in total. The van der Waals surface area contributed by atoms with Crippen LogP contribution in [0.15, 0.2) is 6.20 Å². The van der Waals surface area contributed by atoms with E-state index < -0.39 is 0 Å². The van der Waals surface area contributed by atoms with Crippen LogP contribution in [0.1, 0.15) is 9.67 Å². The Morgan fingerprint density at radius 2 is 2.64 bits per heavy atom. The molecule has 0 unspecified atom stereocenters. The molecule has 0 aliphatic heterocycles. The lowest BCUT2D eigenvalue weighted by Gasteiger charge is -1.97. The SMILES string of the molecule is NCCNC(=O)c1cnns1. The first kappa shape index (κ1) is 8.09. The van der Waals surface area contributed by atoms with Crippen LogP contribution < -0.4 is 11.1 Å². The maximum Gasteiger partial charge on any atom is 0.264 e. The molecule has 1 amide bonds. The largest absolute Gasteiger partial charge is 0.350 e. The first-order valence-electron chi connectivity index (χ1n) is 3.10. The monoisotopic (exact) mass is 172 g/mol. The predicted octanol–water partition coefficient (Wildman–Crippen LogP) is -0.773. The Balaban J connectivity index is 2.43. The van der Waals surface area contributed by atoms with Crippen LogP contribution in [0.2, 0.25) is 0 Å². The van der Waals surface area contributed by atoms with E-state index in [2.05, 4.69) is 14.9 Å². The highest BCUT2D eigenvalue weighted by atomic mass is 32.1. The van der Waals surface area contributed by atoms with Gasteiger partial charge in [-0.25, -0.2) is 0 Å². The van der Waals surface area contributed by atoms with E-state index in [1.54, 1.807) is 0 Å². The van der Waals surface area contributed by atoms with Crippen LogP contribution in [0, 0.1) is 0 Å². The Bertz CT molecular complexity index is 222. The van der Waals surface area contributed by atoms with E-state index in [9.17, 15) is 4.79 Å². The third kappa shape index (κ3) is 2.24. The number of nitrogens with two attached hydrogens (primary N) is 1. The lowest BCUT2D eigenvalue weighted by Crippen LogP contribution is -2.28. The van der Waals surface area contributed by atoms with Crippen LogP contribution in [0.5, 0.6) is 0 Å². The molecule has 0 saturated carbocycles. The van der Waals surface area contributed by atoms with Crippen molar-refractivity contribution in [2.45, 2.75) is 0 Å². The topological polar surface area (TPSA) is 80.9 Å². The van der Waals surface area contributed by atoms with E-state index in [0.717, 1.165) is 11.5 Å². The van der Waals surface area contributed by atoms with Gasteiger partial charge < -0.3 is 11.1 Å². The molecule has 3 N–H and O–H groups in total. The molecule has 1 heterocycles. The summed E-state index contributed by atoms with van der Waals surface area (Å²) in [5.74, 6) is -0.162. The average molecular weight is 172 g/mol. The molecule has 1 aromatic rings. The van der Waals surface area contributed by atoms with Gasteiger partial charge in [0.25, 0.3) is 5.91 Å². The molecule has 1 rings (SSSR count). The molecule has 11 heavy (non-hydrogen) atoms. The second kappa shape index (κ2) is 3.99. The molecule has 0 spiro atoms. The molecule has 60 valence electrons. The van der Waals surface area contributed by atoms with Crippen molar-refractivity contribution in [1.82, 2.24) is 14.9 Å². The van der Waals surface area contributed by atoms with E-state index in [4.69, 9.17) is 5.73 Å². The maximum atomic E-state index is 11.0. The zero-order chi connectivity index (χ0) is 8.10. The Labute approximate surface area is 67.8 Å². The number of hydrogen-bond acceptors (Lipinski definition) is 5. The number of hydrogen-bond donors (Lipinski definition) is 2. The average Bonchev–Trinajstić information content (AvgIpc) is 2.52. The molecule has 0 atom stereocenters. The van der Waals surface area contributed by atoms with Crippen molar-refractivity contribution in [1.29, 1.82) is 0 Å². The van der Waals surface area contributed by atoms with Crippen molar-refractivity contribution in [2.75, 3.05) is 13.1 Å². The summed E-state index contributed by atoms with van der Waals surface area (Å²) >= 11 is 1.07. The molecule has 0 saturated heterocycles. The highest BCUT2D eigenvalue weighted by molar-refractivity contribution is 7.07. The first-order chi connectivity index (χ1) is 5.34. The molecule has 0 aromatic carbocycles. The minimum Gasteiger partial charge on any atom is -0.350 e. The van der Waals surface area contributed by atoms with Gasteiger partial charge in [0.1, 0.15) is 4.88 Å². The number of nitrogens with zero attached hydrogens (tertiary/aromatic N) is 2. The van der Waals surface area contributed by atoms with Gasteiger partial charge in [-0.15, -0.1) is 5.10 Å². The fourth-order valence-corrected chi connectivity index (χ4v) is 0.972. The minimum absolute atomic E-state index is 0.162. The second-order valence-electron chi connectivity index (χ2n) is 1.83. The summed E-state index contributed by atoms with van der Waals surface area (Å²) in [6.45, 7) is 0.925. The van der Waals surface area contributed by atoms with E-state index in [1.807, 2.05) is 0 Å². The zero-order valence-corrected chi connectivity index (χ0v) is 6.60. The van der Waals surface area contributed by atoms with Gasteiger partial charge in [0.05, 0.1) is 6.20 Å². The lowest BCUT2D eigenvalue weighted by atomic mass is 10.5. The standard InChI is InChI=1S/C5H8N4OS/c6-1-2-7-5(10)4-3-8-9-11-4/h3H,1-2,6H2,(H,7,10). The quantitative estimate of drug-likeness (QED) is 0.627. The fourth-order valence-electron chi connectivity index (χ4n) is 0.540. The van der Waals surface area contributed by atoms with Gasteiger partial charge in [-0.05, 0) is 11.5 Å². The Morgan fingerprint density at radius 1 is 1.82 bits per heavy atom. The summed E-state index contributed by atoms with van der Waals surface area (Å²) in [7, 11) is 0. The summed E-state index contributed by atoms with van der Waals surface area (Å²) in [4.78, 5) is 11.5. The van der Waals surface area contributed by atoms with Gasteiger partial charge >= 0.3 is 0 Å². The van der Waals surface area contributed by atoms with Crippen LogP contribution >= 0.6 is 11.5 Å².